The molecule has 3 rings (SSSR count). The Morgan fingerprint density at radius 3 is 2.54 bits per heavy atom. The summed E-state index contributed by atoms with van der Waals surface area (Å²) in [6.07, 6.45) is 1.53. The molecular weight excluding hydrogens is 356 g/mol. The Balaban J connectivity index is 1.86. The second kappa shape index (κ2) is 7.37. The molecule has 8 heteroatoms. The summed E-state index contributed by atoms with van der Waals surface area (Å²) in [5.74, 6) is 1.29. The fraction of sp³-hybridized carbons (Fsp3) is 0.111. The van der Waals surface area contributed by atoms with Gasteiger partial charge in [0.15, 0.2) is 0 Å². The number of carbonyl (C=O) groups is 1. The molecule has 1 heterocycles. The monoisotopic (exact) mass is 372 g/mol. The molecule has 0 radical (unpaired) electrons. The molecule has 1 aromatic heterocycles. The van der Waals surface area contributed by atoms with Crippen molar-refractivity contribution >= 4 is 29.1 Å². The lowest BCUT2D eigenvalue weighted by Gasteiger charge is -2.12. The van der Waals surface area contributed by atoms with Crippen LogP contribution in [0.2, 0.25) is 5.02 Å². The third kappa shape index (κ3) is 3.43. The number of anilines is 2. The number of nitrogen functional groups attached to an aromatic ring is 1. The predicted octanol–water partition coefficient (Wildman–Crippen LogP) is 3.88. The van der Waals surface area contributed by atoms with Gasteiger partial charge in [-0.1, -0.05) is 23.7 Å². The van der Waals surface area contributed by atoms with Crippen LogP contribution in [0.15, 0.2) is 48.7 Å². The summed E-state index contributed by atoms with van der Waals surface area (Å²) in [6, 6.07) is 11.7. The minimum atomic E-state index is -0.508. The van der Waals surface area contributed by atoms with Crippen molar-refractivity contribution in [1.29, 1.82) is 0 Å². The highest BCUT2D eigenvalue weighted by Gasteiger charge is 2.17. The van der Waals surface area contributed by atoms with Crippen LogP contribution < -0.4 is 20.5 Å². The quantitative estimate of drug-likeness (QED) is 0.725. The largest absolute Gasteiger partial charge is 0.497 e. The Kier molecular flexibility index (Phi) is 4.99. The summed E-state index contributed by atoms with van der Waals surface area (Å²) < 4.78 is 11.5. The van der Waals surface area contributed by atoms with E-state index in [0.717, 1.165) is 10.2 Å². The summed E-state index contributed by atoms with van der Waals surface area (Å²) in [5, 5.41) is 7.42. The topological polar surface area (TPSA) is 91.4 Å². The Morgan fingerprint density at radius 1 is 1.15 bits per heavy atom. The van der Waals surface area contributed by atoms with Crippen LogP contribution in [0.3, 0.4) is 0 Å². The lowest BCUT2D eigenvalue weighted by Crippen LogP contribution is -2.22. The molecule has 0 aliphatic carbocycles. The van der Waals surface area contributed by atoms with Gasteiger partial charge in [0.25, 0.3) is 0 Å². The molecule has 3 N–H and O–H groups in total. The van der Waals surface area contributed by atoms with E-state index in [9.17, 15) is 4.79 Å². The van der Waals surface area contributed by atoms with Crippen molar-refractivity contribution in [1.82, 2.24) is 9.78 Å². The van der Waals surface area contributed by atoms with Gasteiger partial charge in [-0.25, -0.2) is 4.79 Å². The van der Waals surface area contributed by atoms with Gasteiger partial charge < -0.3 is 20.5 Å². The molecule has 0 spiro atoms. The van der Waals surface area contributed by atoms with Crippen molar-refractivity contribution in [2.45, 2.75) is 0 Å². The summed E-state index contributed by atoms with van der Waals surface area (Å²) in [7, 11) is 3.06. The molecule has 0 fully saturated rings. The zero-order valence-corrected chi connectivity index (χ0v) is 14.9. The molecule has 1 amide bonds. The van der Waals surface area contributed by atoms with Crippen molar-refractivity contribution in [2.24, 2.45) is 0 Å². The van der Waals surface area contributed by atoms with Crippen molar-refractivity contribution in [3.63, 3.8) is 0 Å². The first-order valence-electron chi connectivity index (χ1n) is 7.66. The molecule has 0 aliphatic rings. The number of nitrogens with two attached hydrogens (primary N) is 1. The molecule has 7 nitrogen and oxygen atoms in total. The average Bonchev–Trinajstić information content (AvgIpc) is 3.04. The predicted molar refractivity (Wildman–Crippen MR) is 101 cm³/mol. The fourth-order valence-electron chi connectivity index (χ4n) is 2.44. The minimum Gasteiger partial charge on any atom is -0.497 e. The molecule has 0 bridgehead atoms. The summed E-state index contributed by atoms with van der Waals surface area (Å²) >= 11 is 5.90. The van der Waals surface area contributed by atoms with Crippen molar-refractivity contribution < 1.29 is 14.3 Å². The lowest BCUT2D eigenvalue weighted by molar-refractivity contribution is 0.251. The Morgan fingerprint density at radius 2 is 1.88 bits per heavy atom. The van der Waals surface area contributed by atoms with Crippen LogP contribution in [-0.4, -0.2) is 30.0 Å². The van der Waals surface area contributed by atoms with Crippen LogP contribution in [0.1, 0.15) is 0 Å². The third-order valence-corrected chi connectivity index (χ3v) is 4.06. The van der Waals surface area contributed by atoms with Crippen LogP contribution in [0.4, 0.5) is 16.3 Å². The maximum absolute atomic E-state index is 12.6. The first-order valence-corrected chi connectivity index (χ1v) is 8.04. The molecule has 0 saturated carbocycles. The number of benzene rings is 2. The number of halogens is 1. The van der Waals surface area contributed by atoms with E-state index in [1.54, 1.807) is 37.4 Å². The Bertz CT molecular complexity index is 938. The number of nitrogens with zero attached hydrogens (tertiary/aromatic N) is 2. The number of ether oxygens (including phenoxy) is 2. The number of hydrogen-bond acceptors (Lipinski definition) is 5. The zero-order chi connectivity index (χ0) is 18.7. The summed E-state index contributed by atoms with van der Waals surface area (Å²) in [5.41, 5.74) is 8.02. The van der Waals surface area contributed by atoms with Gasteiger partial charge in [-0.05, 0) is 29.8 Å². The summed E-state index contributed by atoms with van der Waals surface area (Å²) in [4.78, 5) is 12.6. The number of carbonyl (C=O) groups excluding carboxylic acids is 1. The minimum absolute atomic E-state index is 0.220. The molecule has 2 aromatic carbocycles. The van der Waals surface area contributed by atoms with Gasteiger partial charge in [0, 0.05) is 16.7 Å². The average molecular weight is 373 g/mol. The van der Waals surface area contributed by atoms with E-state index in [1.165, 1.54) is 13.3 Å². The zero-order valence-electron chi connectivity index (χ0n) is 14.2. The van der Waals surface area contributed by atoms with Gasteiger partial charge in [0.1, 0.15) is 17.3 Å². The number of hydrogen-bond donors (Lipinski definition) is 2. The number of methoxy groups -OCH3 is 2. The van der Waals surface area contributed by atoms with E-state index >= 15 is 0 Å². The second-order valence-electron chi connectivity index (χ2n) is 5.36. The van der Waals surface area contributed by atoms with Crippen molar-refractivity contribution in [3.8, 4) is 22.6 Å². The van der Waals surface area contributed by atoms with Crippen LogP contribution in [-0.2, 0) is 0 Å². The van der Waals surface area contributed by atoms with Gasteiger partial charge in [-0.15, -0.1) is 0 Å². The van der Waals surface area contributed by atoms with Crippen molar-refractivity contribution in [2.75, 3.05) is 25.3 Å². The van der Waals surface area contributed by atoms with E-state index in [1.807, 2.05) is 12.1 Å². The van der Waals surface area contributed by atoms with E-state index in [2.05, 4.69) is 10.4 Å². The number of aromatic nitrogens is 2. The highest BCUT2D eigenvalue weighted by atomic mass is 35.5. The lowest BCUT2D eigenvalue weighted by atomic mass is 10.1. The van der Waals surface area contributed by atoms with E-state index in [-0.39, 0.29) is 5.82 Å². The molecule has 134 valence electrons. The molecule has 0 unspecified atom stereocenters. The van der Waals surface area contributed by atoms with Crippen LogP contribution >= 0.6 is 11.6 Å². The third-order valence-electron chi connectivity index (χ3n) is 3.80. The van der Waals surface area contributed by atoms with Gasteiger partial charge in [0.2, 0.25) is 0 Å². The highest BCUT2D eigenvalue weighted by molar-refractivity contribution is 6.30. The second-order valence-corrected chi connectivity index (χ2v) is 5.79. The van der Waals surface area contributed by atoms with E-state index in [4.69, 9.17) is 26.8 Å². The van der Waals surface area contributed by atoms with Gasteiger partial charge in [-0.3, -0.25) is 0 Å². The van der Waals surface area contributed by atoms with Crippen molar-refractivity contribution in [3.05, 3.63) is 53.7 Å². The molecule has 0 saturated heterocycles. The molecular formula is C18H17ClN4O3. The number of amides is 1. The van der Waals surface area contributed by atoms with Crippen LogP contribution in [0.25, 0.3) is 11.1 Å². The first kappa shape index (κ1) is 17.6. The SMILES string of the molecule is COc1ccc(NC(=O)n2ncc(-c3ccc(Cl)cc3)c2N)c(OC)c1. The Labute approximate surface area is 155 Å². The Hall–Kier alpha value is -3.19. The molecule has 3 aromatic rings. The first-order chi connectivity index (χ1) is 12.5. The maximum Gasteiger partial charge on any atom is 0.348 e. The van der Waals surface area contributed by atoms with E-state index < -0.39 is 6.03 Å². The smallest absolute Gasteiger partial charge is 0.348 e. The maximum atomic E-state index is 12.6. The van der Waals surface area contributed by atoms with Gasteiger partial charge >= 0.3 is 6.03 Å². The van der Waals surface area contributed by atoms with Crippen LogP contribution in [0, 0.1) is 0 Å². The molecule has 26 heavy (non-hydrogen) atoms. The fourth-order valence-corrected chi connectivity index (χ4v) is 2.57. The summed E-state index contributed by atoms with van der Waals surface area (Å²) in [6.45, 7) is 0. The molecule has 0 atom stereocenters. The normalized spacial score (nSPS) is 10.4. The highest BCUT2D eigenvalue weighted by Crippen LogP contribution is 2.30. The number of nitrogens with one attached hydrogen (secondary N) is 1. The standard InChI is InChI=1S/C18H17ClN4O3/c1-25-13-7-8-15(16(9-13)26-2)22-18(24)23-17(20)14(10-21-23)11-3-5-12(19)6-4-11/h3-10H,20H2,1-2H3,(H,22,24). The van der Waals surface area contributed by atoms with Crippen LogP contribution in [0.5, 0.6) is 11.5 Å². The number of rotatable bonds is 4. The van der Waals surface area contributed by atoms with Gasteiger partial charge in [-0.2, -0.15) is 9.78 Å². The van der Waals surface area contributed by atoms with Gasteiger partial charge in [0.05, 0.1) is 26.1 Å². The van der Waals surface area contributed by atoms with E-state index in [0.29, 0.717) is 27.8 Å². The molecule has 0 aliphatic heterocycles.